The zero-order valence-corrected chi connectivity index (χ0v) is 10.5. The number of nitrogens with one attached hydrogen (secondary N) is 1. The van der Waals surface area contributed by atoms with Crippen molar-refractivity contribution in [1.29, 1.82) is 0 Å². The highest BCUT2D eigenvalue weighted by Crippen LogP contribution is 2.33. The monoisotopic (exact) mass is 252 g/mol. The van der Waals surface area contributed by atoms with Crippen LogP contribution in [0, 0.1) is 15.5 Å². The van der Waals surface area contributed by atoms with E-state index in [2.05, 4.69) is 5.32 Å². The van der Waals surface area contributed by atoms with Gasteiger partial charge in [0.15, 0.2) is 0 Å². The van der Waals surface area contributed by atoms with Crippen molar-refractivity contribution in [3.8, 4) is 0 Å². The smallest absolute Gasteiger partial charge is 0.405 e. The second kappa shape index (κ2) is 5.03. The van der Waals surface area contributed by atoms with Crippen molar-refractivity contribution in [3.05, 3.63) is 39.9 Å². The maximum Gasteiger partial charge on any atom is 0.405 e. The summed E-state index contributed by atoms with van der Waals surface area (Å²) in [6.45, 7) is 5.60. The van der Waals surface area contributed by atoms with E-state index in [0.29, 0.717) is 5.56 Å². The summed E-state index contributed by atoms with van der Waals surface area (Å²) in [5.74, 6) is 0. The molecule has 0 heterocycles. The largest absolute Gasteiger partial charge is 0.465 e. The third kappa shape index (κ3) is 3.44. The van der Waals surface area contributed by atoms with Crippen LogP contribution < -0.4 is 5.32 Å². The molecule has 0 bridgehead atoms. The van der Waals surface area contributed by atoms with E-state index in [1.165, 1.54) is 12.1 Å². The van der Waals surface area contributed by atoms with Crippen LogP contribution >= 0.6 is 0 Å². The number of nitro groups is 1. The van der Waals surface area contributed by atoms with Crippen LogP contribution in [-0.4, -0.2) is 16.1 Å². The number of hydrogen-bond acceptors (Lipinski definition) is 3. The lowest BCUT2D eigenvalue weighted by atomic mass is 9.82. The third-order valence-electron chi connectivity index (χ3n) is 2.55. The van der Waals surface area contributed by atoms with Crippen molar-refractivity contribution in [1.82, 2.24) is 5.32 Å². The number of nitrogens with zero attached hydrogens (tertiary/aromatic N) is 1. The molecule has 0 radical (unpaired) electrons. The molecule has 18 heavy (non-hydrogen) atoms. The molecule has 0 saturated heterocycles. The molecule has 2 N–H and O–H groups in total. The lowest BCUT2D eigenvalue weighted by Crippen LogP contribution is -2.35. The molecule has 1 aromatic carbocycles. The molecule has 0 aliphatic carbocycles. The average Bonchev–Trinajstić information content (AvgIpc) is 2.24. The van der Waals surface area contributed by atoms with Gasteiger partial charge in [0.1, 0.15) is 0 Å². The van der Waals surface area contributed by atoms with E-state index in [1.54, 1.807) is 12.1 Å². The summed E-state index contributed by atoms with van der Waals surface area (Å²) in [5, 5.41) is 22.0. The molecule has 0 spiro atoms. The molecule has 0 aliphatic heterocycles. The molecule has 0 aliphatic rings. The maximum absolute atomic E-state index is 10.8. The molecule has 6 heteroatoms. The molecular weight excluding hydrogens is 236 g/mol. The van der Waals surface area contributed by atoms with Gasteiger partial charge >= 0.3 is 6.09 Å². The Balaban J connectivity index is 3.17. The lowest BCUT2D eigenvalue weighted by Gasteiger charge is -2.30. The Hall–Kier alpha value is -2.11. The van der Waals surface area contributed by atoms with Crippen molar-refractivity contribution in [2.75, 3.05) is 0 Å². The minimum atomic E-state index is -1.15. The standard InChI is InChI=1S/C12H16N2O4/c1-12(2,3)10(13-11(15)16)8-5-4-6-9(7-8)14(17)18/h4-7,10,13H,1-3H3,(H,15,16). The van der Waals surface area contributed by atoms with Crippen molar-refractivity contribution in [2.24, 2.45) is 5.41 Å². The van der Waals surface area contributed by atoms with Gasteiger partial charge in [-0.25, -0.2) is 4.79 Å². The minimum absolute atomic E-state index is 0.0473. The Morgan fingerprint density at radius 3 is 2.50 bits per heavy atom. The fraction of sp³-hybridized carbons (Fsp3) is 0.417. The highest BCUT2D eigenvalue weighted by Gasteiger charge is 2.28. The number of nitro benzene ring substituents is 1. The van der Waals surface area contributed by atoms with Crippen molar-refractivity contribution in [2.45, 2.75) is 26.8 Å². The van der Waals surface area contributed by atoms with Gasteiger partial charge in [-0.15, -0.1) is 0 Å². The van der Waals surface area contributed by atoms with Gasteiger partial charge in [-0.3, -0.25) is 10.1 Å². The molecule has 1 aromatic rings. The van der Waals surface area contributed by atoms with Crippen LogP contribution in [0.2, 0.25) is 0 Å². The lowest BCUT2D eigenvalue weighted by molar-refractivity contribution is -0.384. The van der Waals surface area contributed by atoms with Gasteiger partial charge in [0.25, 0.3) is 5.69 Å². The second-order valence-corrected chi connectivity index (χ2v) is 5.10. The first-order chi connectivity index (χ1) is 8.21. The van der Waals surface area contributed by atoms with Gasteiger partial charge in [0.2, 0.25) is 0 Å². The Bertz CT molecular complexity index is 465. The highest BCUT2D eigenvalue weighted by molar-refractivity contribution is 5.65. The van der Waals surface area contributed by atoms with Crippen molar-refractivity contribution >= 4 is 11.8 Å². The minimum Gasteiger partial charge on any atom is -0.465 e. The zero-order chi connectivity index (χ0) is 13.9. The summed E-state index contributed by atoms with van der Waals surface area (Å²) in [6, 6.07) is 5.50. The molecule has 6 nitrogen and oxygen atoms in total. The fourth-order valence-corrected chi connectivity index (χ4v) is 1.74. The molecule has 0 fully saturated rings. The Labute approximate surface area is 105 Å². The molecule has 0 aromatic heterocycles. The highest BCUT2D eigenvalue weighted by atomic mass is 16.6. The third-order valence-corrected chi connectivity index (χ3v) is 2.55. The van der Waals surface area contributed by atoms with E-state index < -0.39 is 17.1 Å². The molecule has 1 amide bonds. The Morgan fingerprint density at radius 1 is 1.44 bits per heavy atom. The van der Waals surface area contributed by atoms with Crippen LogP contribution in [-0.2, 0) is 0 Å². The van der Waals surface area contributed by atoms with E-state index in [9.17, 15) is 14.9 Å². The van der Waals surface area contributed by atoms with Gasteiger partial charge in [0, 0.05) is 12.1 Å². The summed E-state index contributed by atoms with van der Waals surface area (Å²) < 4.78 is 0. The summed E-state index contributed by atoms with van der Waals surface area (Å²) in [7, 11) is 0. The summed E-state index contributed by atoms with van der Waals surface area (Å²) >= 11 is 0. The predicted octanol–water partition coefficient (Wildman–Crippen LogP) is 2.95. The molecule has 98 valence electrons. The summed E-state index contributed by atoms with van der Waals surface area (Å²) in [4.78, 5) is 21.0. The predicted molar refractivity (Wildman–Crippen MR) is 66.5 cm³/mol. The topological polar surface area (TPSA) is 92.5 Å². The number of hydrogen-bond donors (Lipinski definition) is 2. The van der Waals surface area contributed by atoms with Gasteiger partial charge in [0.05, 0.1) is 11.0 Å². The number of rotatable bonds is 3. The normalized spacial score (nSPS) is 12.8. The van der Waals surface area contributed by atoms with Crippen LogP contribution in [0.3, 0.4) is 0 Å². The van der Waals surface area contributed by atoms with Crippen LogP contribution in [0.4, 0.5) is 10.5 Å². The van der Waals surface area contributed by atoms with E-state index in [4.69, 9.17) is 5.11 Å². The van der Waals surface area contributed by atoms with E-state index in [-0.39, 0.29) is 11.1 Å². The summed E-state index contributed by atoms with van der Waals surface area (Å²) in [5.41, 5.74) is 0.154. The Kier molecular flexibility index (Phi) is 3.90. The first-order valence-corrected chi connectivity index (χ1v) is 5.45. The van der Waals surface area contributed by atoms with Crippen LogP contribution in [0.15, 0.2) is 24.3 Å². The average molecular weight is 252 g/mol. The SMILES string of the molecule is CC(C)(C)C(NC(=O)O)c1cccc([N+](=O)[O-])c1. The van der Waals surface area contributed by atoms with E-state index in [1.807, 2.05) is 20.8 Å². The van der Waals surface area contributed by atoms with Gasteiger partial charge < -0.3 is 10.4 Å². The van der Waals surface area contributed by atoms with Crippen LogP contribution in [0.5, 0.6) is 0 Å². The number of carbonyl (C=O) groups is 1. The molecule has 1 unspecified atom stereocenters. The first kappa shape index (κ1) is 14.0. The fourth-order valence-electron chi connectivity index (χ4n) is 1.74. The number of benzene rings is 1. The zero-order valence-electron chi connectivity index (χ0n) is 10.5. The van der Waals surface area contributed by atoms with Crippen molar-refractivity contribution < 1.29 is 14.8 Å². The Morgan fingerprint density at radius 2 is 2.06 bits per heavy atom. The number of amides is 1. The molecule has 1 atom stereocenters. The van der Waals surface area contributed by atoms with E-state index in [0.717, 1.165) is 0 Å². The van der Waals surface area contributed by atoms with Gasteiger partial charge in [-0.2, -0.15) is 0 Å². The maximum atomic E-state index is 10.8. The molecule has 1 rings (SSSR count). The van der Waals surface area contributed by atoms with E-state index >= 15 is 0 Å². The van der Waals surface area contributed by atoms with Gasteiger partial charge in [-0.1, -0.05) is 32.9 Å². The number of carboxylic acid groups (broad SMARTS) is 1. The second-order valence-electron chi connectivity index (χ2n) is 5.10. The van der Waals surface area contributed by atoms with Crippen LogP contribution in [0.1, 0.15) is 32.4 Å². The first-order valence-electron chi connectivity index (χ1n) is 5.45. The van der Waals surface area contributed by atoms with Crippen molar-refractivity contribution in [3.63, 3.8) is 0 Å². The molecular formula is C12H16N2O4. The molecule has 0 saturated carbocycles. The quantitative estimate of drug-likeness (QED) is 0.639. The van der Waals surface area contributed by atoms with Gasteiger partial charge in [-0.05, 0) is 11.0 Å². The van der Waals surface area contributed by atoms with Crippen LogP contribution in [0.25, 0.3) is 0 Å². The summed E-state index contributed by atoms with van der Waals surface area (Å²) in [6.07, 6.45) is -1.15. The number of non-ortho nitro benzene ring substituents is 1.